The van der Waals surface area contributed by atoms with Gasteiger partial charge in [-0.2, -0.15) is 0 Å². The van der Waals surface area contributed by atoms with Crippen LogP contribution in [-0.2, 0) is 4.79 Å². The molecule has 0 aliphatic heterocycles. The normalized spacial score (nSPS) is 13.9. The summed E-state index contributed by atoms with van der Waals surface area (Å²) in [5, 5.41) is 14.4. The highest BCUT2D eigenvalue weighted by Crippen LogP contribution is 2.34. The van der Waals surface area contributed by atoms with Gasteiger partial charge in [-0.05, 0) is 25.8 Å². The summed E-state index contributed by atoms with van der Waals surface area (Å²) in [5.74, 6) is -0.318. The minimum atomic E-state index is -0.968. The van der Waals surface area contributed by atoms with E-state index in [0.29, 0.717) is 5.75 Å². The van der Waals surface area contributed by atoms with Crippen LogP contribution in [0.1, 0.15) is 32.4 Å². The van der Waals surface area contributed by atoms with Crippen LogP contribution >= 0.6 is 0 Å². The number of aliphatic carboxylic acids is 1. The monoisotopic (exact) mass is 287 g/mol. The quantitative estimate of drug-likeness (QED) is 0.855. The number of rotatable bonds is 6. The number of nitrogens with one attached hydrogen (secondary N) is 1. The van der Waals surface area contributed by atoms with Crippen LogP contribution < -0.4 is 10.1 Å². The highest BCUT2D eigenvalue weighted by Gasteiger charge is 2.19. The Hall–Kier alpha value is -2.07. The second-order valence-electron chi connectivity index (χ2n) is 5.08. The predicted molar refractivity (Wildman–Crippen MR) is 83.8 cm³/mol. The molecule has 4 heteroatoms. The summed E-state index contributed by atoms with van der Waals surface area (Å²) in [6, 6.07) is 12.0. The summed E-state index contributed by atoms with van der Waals surface area (Å²) in [4.78, 5) is 11.1. The Balaban J connectivity index is 2.54. The maximum absolute atomic E-state index is 11.1. The van der Waals surface area contributed by atoms with Gasteiger partial charge in [0.1, 0.15) is 5.75 Å². The van der Waals surface area contributed by atoms with Gasteiger partial charge in [-0.3, -0.25) is 0 Å². The fourth-order valence-corrected chi connectivity index (χ4v) is 2.38. The van der Waals surface area contributed by atoms with Crippen molar-refractivity contribution in [1.29, 1.82) is 0 Å². The van der Waals surface area contributed by atoms with Gasteiger partial charge in [-0.1, -0.05) is 43.3 Å². The summed E-state index contributed by atoms with van der Waals surface area (Å²) >= 11 is 0. The van der Waals surface area contributed by atoms with Gasteiger partial charge < -0.3 is 15.2 Å². The van der Waals surface area contributed by atoms with Crippen molar-refractivity contribution in [3.8, 4) is 5.75 Å². The fraction of sp³-hybridized carbons (Fsp3) is 0.353. The molecule has 0 aliphatic rings. The lowest BCUT2D eigenvalue weighted by Crippen LogP contribution is -2.25. The molecule has 112 valence electrons. The van der Waals surface area contributed by atoms with Gasteiger partial charge in [-0.25, -0.2) is 4.79 Å². The third kappa shape index (κ3) is 3.34. The summed E-state index contributed by atoms with van der Waals surface area (Å²) in [6.45, 7) is 6.47. The average molecular weight is 287 g/mol. The van der Waals surface area contributed by atoms with Crippen LogP contribution in [0, 0.1) is 0 Å². The summed E-state index contributed by atoms with van der Waals surface area (Å²) < 4.78 is 5.75. The van der Waals surface area contributed by atoms with E-state index in [4.69, 9.17) is 9.84 Å². The first-order valence-electron chi connectivity index (χ1n) is 7.19. The highest BCUT2D eigenvalue weighted by molar-refractivity contribution is 5.90. The van der Waals surface area contributed by atoms with Crippen molar-refractivity contribution in [1.82, 2.24) is 5.32 Å². The SMILES string of the molecule is CCNC(C)c1ccc2ccccc2c1OC(C)C(=O)O. The molecule has 0 aromatic heterocycles. The number of carboxylic acids is 1. The van der Waals surface area contributed by atoms with Gasteiger partial charge in [0, 0.05) is 17.0 Å². The third-order valence-corrected chi connectivity index (χ3v) is 3.53. The molecule has 2 unspecified atom stereocenters. The first kappa shape index (κ1) is 15.3. The first-order chi connectivity index (χ1) is 10.0. The number of benzene rings is 2. The molecule has 0 spiro atoms. The van der Waals surface area contributed by atoms with Gasteiger partial charge >= 0.3 is 5.97 Å². The number of fused-ring (bicyclic) bond motifs is 1. The Morgan fingerprint density at radius 2 is 1.95 bits per heavy atom. The number of carboxylic acid groups (broad SMARTS) is 1. The Bertz CT molecular complexity index is 639. The highest BCUT2D eigenvalue weighted by atomic mass is 16.5. The Morgan fingerprint density at radius 3 is 2.62 bits per heavy atom. The molecule has 21 heavy (non-hydrogen) atoms. The lowest BCUT2D eigenvalue weighted by atomic mass is 10.0. The topological polar surface area (TPSA) is 58.6 Å². The van der Waals surface area contributed by atoms with Gasteiger partial charge in [-0.15, -0.1) is 0 Å². The van der Waals surface area contributed by atoms with Crippen LogP contribution in [0.3, 0.4) is 0 Å². The van der Waals surface area contributed by atoms with E-state index in [0.717, 1.165) is 22.9 Å². The van der Waals surface area contributed by atoms with Crippen LogP contribution in [0.25, 0.3) is 10.8 Å². The Labute approximate surface area is 124 Å². The van der Waals surface area contributed by atoms with E-state index >= 15 is 0 Å². The van der Waals surface area contributed by atoms with Gasteiger partial charge in [0.2, 0.25) is 0 Å². The van der Waals surface area contributed by atoms with Gasteiger partial charge in [0.25, 0.3) is 0 Å². The molecule has 0 bridgehead atoms. The molecule has 2 N–H and O–H groups in total. The van der Waals surface area contributed by atoms with E-state index in [-0.39, 0.29) is 6.04 Å². The zero-order valence-corrected chi connectivity index (χ0v) is 12.6. The van der Waals surface area contributed by atoms with E-state index in [1.807, 2.05) is 50.2 Å². The van der Waals surface area contributed by atoms with E-state index in [2.05, 4.69) is 5.32 Å². The van der Waals surface area contributed by atoms with E-state index in [1.165, 1.54) is 0 Å². The van der Waals surface area contributed by atoms with Crippen molar-refractivity contribution in [3.05, 3.63) is 42.0 Å². The number of carbonyl (C=O) groups is 1. The van der Waals surface area contributed by atoms with E-state index < -0.39 is 12.1 Å². The Kier molecular flexibility index (Phi) is 4.81. The smallest absolute Gasteiger partial charge is 0.344 e. The summed E-state index contributed by atoms with van der Waals surface area (Å²) in [7, 11) is 0. The summed E-state index contributed by atoms with van der Waals surface area (Å²) in [5.41, 5.74) is 0.976. The Morgan fingerprint density at radius 1 is 1.24 bits per heavy atom. The van der Waals surface area contributed by atoms with Crippen LogP contribution in [0.2, 0.25) is 0 Å². The fourth-order valence-electron chi connectivity index (χ4n) is 2.38. The molecule has 0 saturated heterocycles. The van der Waals surface area contributed by atoms with Crippen molar-refractivity contribution in [2.45, 2.75) is 32.9 Å². The molecule has 2 rings (SSSR count). The minimum Gasteiger partial charge on any atom is -0.479 e. The van der Waals surface area contributed by atoms with Gasteiger partial charge in [0.15, 0.2) is 6.10 Å². The minimum absolute atomic E-state index is 0.0931. The maximum Gasteiger partial charge on any atom is 0.344 e. The molecule has 4 nitrogen and oxygen atoms in total. The van der Waals surface area contributed by atoms with E-state index in [9.17, 15) is 4.79 Å². The van der Waals surface area contributed by atoms with Crippen molar-refractivity contribution in [2.75, 3.05) is 6.54 Å². The largest absolute Gasteiger partial charge is 0.479 e. The zero-order valence-electron chi connectivity index (χ0n) is 12.6. The third-order valence-electron chi connectivity index (χ3n) is 3.53. The predicted octanol–water partition coefficient (Wildman–Crippen LogP) is 3.36. The number of ether oxygens (including phenoxy) is 1. The average Bonchev–Trinajstić information content (AvgIpc) is 2.47. The van der Waals surface area contributed by atoms with Crippen LogP contribution in [-0.4, -0.2) is 23.7 Å². The molecule has 0 amide bonds. The van der Waals surface area contributed by atoms with Crippen molar-refractivity contribution < 1.29 is 14.6 Å². The molecule has 0 fully saturated rings. The van der Waals surface area contributed by atoms with E-state index in [1.54, 1.807) is 6.92 Å². The second kappa shape index (κ2) is 6.59. The lowest BCUT2D eigenvalue weighted by molar-refractivity contribution is -0.144. The van der Waals surface area contributed by atoms with Crippen LogP contribution in [0.15, 0.2) is 36.4 Å². The van der Waals surface area contributed by atoms with Crippen molar-refractivity contribution in [3.63, 3.8) is 0 Å². The molecule has 2 aromatic carbocycles. The van der Waals surface area contributed by atoms with Crippen LogP contribution in [0.4, 0.5) is 0 Å². The molecule has 2 aromatic rings. The second-order valence-corrected chi connectivity index (χ2v) is 5.08. The molecular formula is C17H21NO3. The molecule has 0 heterocycles. The molecule has 2 atom stereocenters. The first-order valence-corrected chi connectivity index (χ1v) is 7.19. The molecule has 0 radical (unpaired) electrons. The summed E-state index contributed by atoms with van der Waals surface area (Å²) in [6.07, 6.45) is -0.886. The van der Waals surface area contributed by atoms with Gasteiger partial charge in [0.05, 0.1) is 0 Å². The number of hydrogen-bond acceptors (Lipinski definition) is 3. The molecular weight excluding hydrogens is 266 g/mol. The van der Waals surface area contributed by atoms with Crippen molar-refractivity contribution >= 4 is 16.7 Å². The zero-order chi connectivity index (χ0) is 15.4. The standard InChI is InChI=1S/C17H21NO3/c1-4-18-11(2)14-10-9-13-7-5-6-8-15(13)16(14)21-12(3)17(19)20/h5-12,18H,4H2,1-3H3,(H,19,20). The number of hydrogen-bond donors (Lipinski definition) is 2. The maximum atomic E-state index is 11.1. The lowest BCUT2D eigenvalue weighted by Gasteiger charge is -2.21. The molecule has 0 aliphatic carbocycles. The molecule has 0 saturated carbocycles. The van der Waals surface area contributed by atoms with Crippen molar-refractivity contribution in [2.24, 2.45) is 0 Å². The van der Waals surface area contributed by atoms with Crippen LogP contribution in [0.5, 0.6) is 5.75 Å².